The third-order valence-electron chi connectivity index (χ3n) is 1.34. The first-order valence-corrected chi connectivity index (χ1v) is 3.58. The van der Waals surface area contributed by atoms with Gasteiger partial charge in [-0.25, -0.2) is 9.97 Å². The monoisotopic (exact) mass is 151 g/mol. The third kappa shape index (κ3) is 1.90. The lowest BCUT2D eigenvalue weighted by atomic mass is 9.96. The fourth-order valence-electron chi connectivity index (χ4n) is 0.725. The Labute approximate surface area is 66.7 Å². The molecule has 1 heterocycles. The molecule has 0 aliphatic heterocycles. The summed E-state index contributed by atoms with van der Waals surface area (Å²) < 4.78 is 0. The van der Waals surface area contributed by atoms with Crippen molar-refractivity contribution in [3.05, 3.63) is 18.2 Å². The van der Waals surface area contributed by atoms with Crippen LogP contribution in [0.25, 0.3) is 0 Å². The van der Waals surface area contributed by atoms with Crippen molar-refractivity contribution in [2.24, 2.45) is 0 Å². The van der Waals surface area contributed by atoms with Crippen molar-refractivity contribution in [1.82, 2.24) is 9.97 Å². The summed E-state index contributed by atoms with van der Waals surface area (Å²) in [6.07, 6.45) is 3.27. The molecule has 0 amide bonds. The molecule has 1 aromatic rings. The van der Waals surface area contributed by atoms with E-state index >= 15 is 0 Å². The van der Waals surface area contributed by atoms with Gasteiger partial charge in [0.25, 0.3) is 0 Å². The first-order valence-electron chi connectivity index (χ1n) is 3.58. The normalized spacial score (nSPS) is 11.5. The number of hydrogen-bond donors (Lipinski definition) is 1. The molecule has 0 saturated carbocycles. The van der Waals surface area contributed by atoms with Gasteiger partial charge in [0, 0.05) is 5.41 Å². The molecular formula is C8H13N3. The molecule has 0 radical (unpaired) electrons. The van der Waals surface area contributed by atoms with E-state index in [0.29, 0.717) is 5.69 Å². The maximum absolute atomic E-state index is 5.44. The molecule has 3 nitrogen and oxygen atoms in total. The van der Waals surface area contributed by atoms with Gasteiger partial charge in [0.1, 0.15) is 5.82 Å². The Morgan fingerprint density at radius 1 is 1.18 bits per heavy atom. The lowest BCUT2D eigenvalue weighted by Crippen LogP contribution is -2.15. The Hall–Kier alpha value is -1.12. The summed E-state index contributed by atoms with van der Waals surface area (Å²) >= 11 is 0. The maximum atomic E-state index is 5.44. The van der Waals surface area contributed by atoms with Gasteiger partial charge in [0.05, 0.1) is 18.1 Å². The van der Waals surface area contributed by atoms with E-state index in [2.05, 4.69) is 30.7 Å². The van der Waals surface area contributed by atoms with E-state index in [0.717, 1.165) is 5.82 Å². The highest BCUT2D eigenvalue weighted by molar-refractivity contribution is 5.30. The average Bonchev–Trinajstić information content (AvgIpc) is 1.86. The quantitative estimate of drug-likeness (QED) is 0.609. The van der Waals surface area contributed by atoms with Gasteiger partial charge >= 0.3 is 0 Å². The van der Waals surface area contributed by atoms with Crippen LogP contribution in [0, 0.1) is 0 Å². The molecule has 1 rings (SSSR count). The van der Waals surface area contributed by atoms with Gasteiger partial charge in [-0.1, -0.05) is 20.8 Å². The van der Waals surface area contributed by atoms with Gasteiger partial charge in [-0.3, -0.25) is 0 Å². The van der Waals surface area contributed by atoms with E-state index < -0.39 is 0 Å². The topological polar surface area (TPSA) is 51.8 Å². The fourth-order valence-corrected chi connectivity index (χ4v) is 0.725. The van der Waals surface area contributed by atoms with Gasteiger partial charge in [-0.05, 0) is 0 Å². The molecule has 3 heteroatoms. The second kappa shape index (κ2) is 2.49. The van der Waals surface area contributed by atoms with E-state index in [-0.39, 0.29) is 5.41 Å². The molecule has 11 heavy (non-hydrogen) atoms. The fraction of sp³-hybridized carbons (Fsp3) is 0.500. The number of rotatable bonds is 0. The minimum Gasteiger partial charge on any atom is -0.396 e. The molecule has 0 aromatic carbocycles. The van der Waals surface area contributed by atoms with E-state index in [1.807, 2.05) is 0 Å². The first kappa shape index (κ1) is 7.98. The van der Waals surface area contributed by atoms with E-state index in [1.165, 1.54) is 0 Å². The summed E-state index contributed by atoms with van der Waals surface area (Å²) in [5.74, 6) is 0.826. The zero-order chi connectivity index (χ0) is 8.48. The molecule has 0 aliphatic carbocycles. The minimum atomic E-state index is 0.00764. The van der Waals surface area contributed by atoms with Crippen LogP contribution in [0.4, 0.5) is 5.69 Å². The van der Waals surface area contributed by atoms with Crippen LogP contribution >= 0.6 is 0 Å². The second-order valence-corrected chi connectivity index (χ2v) is 3.59. The third-order valence-corrected chi connectivity index (χ3v) is 1.34. The van der Waals surface area contributed by atoms with Crippen LogP contribution in [-0.4, -0.2) is 9.97 Å². The molecule has 0 spiro atoms. The Balaban J connectivity index is 2.99. The summed E-state index contributed by atoms with van der Waals surface area (Å²) in [5.41, 5.74) is 6.06. The van der Waals surface area contributed by atoms with Crippen LogP contribution in [0.3, 0.4) is 0 Å². The number of nitrogens with zero attached hydrogens (tertiary/aromatic N) is 2. The molecule has 1 aromatic heterocycles. The molecule has 2 N–H and O–H groups in total. The smallest absolute Gasteiger partial charge is 0.133 e. The van der Waals surface area contributed by atoms with Gasteiger partial charge in [0.15, 0.2) is 0 Å². The lowest BCUT2D eigenvalue weighted by molar-refractivity contribution is 0.545. The van der Waals surface area contributed by atoms with Crippen molar-refractivity contribution >= 4 is 5.69 Å². The Morgan fingerprint density at radius 2 is 1.64 bits per heavy atom. The highest BCUT2D eigenvalue weighted by Gasteiger charge is 2.15. The molecule has 60 valence electrons. The summed E-state index contributed by atoms with van der Waals surface area (Å²) in [4.78, 5) is 8.23. The second-order valence-electron chi connectivity index (χ2n) is 3.59. The number of hydrogen-bond acceptors (Lipinski definition) is 3. The molecule has 0 bridgehead atoms. The van der Waals surface area contributed by atoms with Crippen LogP contribution in [0.1, 0.15) is 26.6 Å². The van der Waals surface area contributed by atoms with E-state index in [4.69, 9.17) is 5.73 Å². The summed E-state index contributed by atoms with van der Waals surface area (Å²) in [6.45, 7) is 6.20. The highest BCUT2D eigenvalue weighted by atomic mass is 14.9. The van der Waals surface area contributed by atoms with Gasteiger partial charge in [-0.2, -0.15) is 0 Å². The van der Waals surface area contributed by atoms with Crippen LogP contribution < -0.4 is 5.73 Å². The van der Waals surface area contributed by atoms with Crippen LogP contribution in [0.5, 0.6) is 0 Å². The first-order chi connectivity index (χ1) is 5.00. The Bertz CT molecular complexity index is 233. The minimum absolute atomic E-state index is 0.00764. The van der Waals surface area contributed by atoms with Crippen molar-refractivity contribution in [2.75, 3.05) is 5.73 Å². The molecule has 0 saturated heterocycles. The van der Waals surface area contributed by atoms with Gasteiger partial charge in [-0.15, -0.1) is 0 Å². The molecule has 0 unspecified atom stereocenters. The van der Waals surface area contributed by atoms with Crippen LogP contribution in [0.15, 0.2) is 12.4 Å². The molecule has 0 atom stereocenters. The zero-order valence-electron chi connectivity index (χ0n) is 7.13. The maximum Gasteiger partial charge on any atom is 0.133 e. The number of nitrogen functional groups attached to an aromatic ring is 1. The number of nitrogens with two attached hydrogens (primary N) is 1. The predicted molar refractivity (Wildman–Crippen MR) is 45.1 cm³/mol. The predicted octanol–water partition coefficient (Wildman–Crippen LogP) is 1.36. The van der Waals surface area contributed by atoms with Crippen molar-refractivity contribution in [3.63, 3.8) is 0 Å². The van der Waals surface area contributed by atoms with Gasteiger partial charge < -0.3 is 5.73 Å². The van der Waals surface area contributed by atoms with E-state index in [1.54, 1.807) is 12.4 Å². The van der Waals surface area contributed by atoms with Crippen molar-refractivity contribution in [1.29, 1.82) is 0 Å². The summed E-state index contributed by atoms with van der Waals surface area (Å²) in [5, 5.41) is 0. The number of anilines is 1. The highest BCUT2D eigenvalue weighted by Crippen LogP contribution is 2.17. The van der Waals surface area contributed by atoms with E-state index in [9.17, 15) is 0 Å². The van der Waals surface area contributed by atoms with Crippen LogP contribution in [0.2, 0.25) is 0 Å². The Morgan fingerprint density at radius 3 is 2.00 bits per heavy atom. The van der Waals surface area contributed by atoms with Crippen molar-refractivity contribution < 1.29 is 0 Å². The molecular weight excluding hydrogens is 138 g/mol. The Kier molecular flexibility index (Phi) is 1.81. The number of aromatic nitrogens is 2. The van der Waals surface area contributed by atoms with Crippen molar-refractivity contribution in [3.8, 4) is 0 Å². The lowest BCUT2D eigenvalue weighted by Gasteiger charge is -2.15. The average molecular weight is 151 g/mol. The molecule has 0 fully saturated rings. The zero-order valence-corrected chi connectivity index (χ0v) is 7.13. The summed E-state index contributed by atoms with van der Waals surface area (Å²) in [6, 6.07) is 0. The molecule has 0 aliphatic rings. The van der Waals surface area contributed by atoms with Crippen LogP contribution in [-0.2, 0) is 5.41 Å². The SMILES string of the molecule is CC(C)(C)c1ncc(N)cn1. The van der Waals surface area contributed by atoms with Gasteiger partial charge in [0.2, 0.25) is 0 Å². The van der Waals surface area contributed by atoms with Crippen molar-refractivity contribution in [2.45, 2.75) is 26.2 Å². The largest absolute Gasteiger partial charge is 0.396 e. The summed E-state index contributed by atoms with van der Waals surface area (Å²) in [7, 11) is 0. The standard InChI is InChI=1S/C8H13N3/c1-8(2,3)7-10-4-6(9)5-11-7/h4-5H,9H2,1-3H3.